The van der Waals surface area contributed by atoms with Gasteiger partial charge < -0.3 is 10.1 Å². The van der Waals surface area contributed by atoms with Gasteiger partial charge in [-0.05, 0) is 30.0 Å². The van der Waals surface area contributed by atoms with Gasteiger partial charge in [0.05, 0.1) is 12.3 Å². The summed E-state index contributed by atoms with van der Waals surface area (Å²) in [4.78, 5) is 12.1. The fraction of sp³-hybridized carbons (Fsp3) is 0.381. The summed E-state index contributed by atoms with van der Waals surface area (Å²) in [6.45, 7) is 6.44. The second-order valence-electron chi connectivity index (χ2n) is 8.09. The largest absolute Gasteiger partial charge is 0.484 e. The molecule has 0 aliphatic heterocycles. The number of halogens is 2. The zero-order valence-electron chi connectivity index (χ0n) is 17.5. The Kier molecular flexibility index (Phi) is 7.07. The number of carbonyl (C=O) groups is 1. The Hall–Kier alpha value is -2.68. The molecule has 164 valence electrons. The van der Waals surface area contributed by atoms with Crippen LogP contribution in [0.25, 0.3) is 0 Å². The molecule has 0 heterocycles. The van der Waals surface area contributed by atoms with E-state index in [9.17, 15) is 22.0 Å². The van der Waals surface area contributed by atoms with E-state index in [1.54, 1.807) is 52.0 Å². The van der Waals surface area contributed by atoms with E-state index in [2.05, 4.69) is 10.0 Å². The Morgan fingerprint density at radius 3 is 2.10 bits per heavy atom. The predicted molar refractivity (Wildman–Crippen MR) is 112 cm³/mol. The Labute approximate surface area is 175 Å². The zero-order valence-corrected chi connectivity index (χ0v) is 18.4. The van der Waals surface area contributed by atoms with Crippen LogP contribution in [0.3, 0.4) is 0 Å². The van der Waals surface area contributed by atoms with Crippen molar-refractivity contribution in [1.29, 1.82) is 0 Å². The van der Waals surface area contributed by atoms with E-state index in [1.165, 1.54) is 0 Å². The van der Waals surface area contributed by atoms with Gasteiger partial charge in [-0.15, -0.1) is 0 Å². The minimum absolute atomic E-state index is 0.0401. The molecule has 0 fully saturated rings. The number of hydrogen-bond acceptors (Lipinski definition) is 4. The summed E-state index contributed by atoms with van der Waals surface area (Å²) in [5.74, 6) is -2.00. The highest BCUT2D eigenvalue weighted by Crippen LogP contribution is 2.30. The number of anilines is 1. The monoisotopic (exact) mass is 440 g/mol. The van der Waals surface area contributed by atoms with Crippen LogP contribution >= 0.6 is 0 Å². The van der Waals surface area contributed by atoms with Crippen molar-refractivity contribution in [1.82, 2.24) is 5.32 Å². The fourth-order valence-electron chi connectivity index (χ4n) is 2.92. The summed E-state index contributed by atoms with van der Waals surface area (Å²) >= 11 is 0. The van der Waals surface area contributed by atoms with Gasteiger partial charge in [0.1, 0.15) is 17.4 Å². The highest BCUT2D eigenvalue weighted by Gasteiger charge is 2.24. The van der Waals surface area contributed by atoms with E-state index in [1.807, 2.05) is 0 Å². The molecule has 9 heteroatoms. The molecule has 2 aromatic carbocycles. The number of sulfonamides is 1. The average molecular weight is 441 g/mol. The lowest BCUT2D eigenvalue weighted by molar-refractivity contribution is -0.123. The van der Waals surface area contributed by atoms with Crippen LogP contribution in [0.5, 0.6) is 5.75 Å². The molecular weight excluding hydrogens is 414 g/mol. The number of rotatable bonds is 7. The highest BCUT2D eigenvalue weighted by atomic mass is 32.2. The number of hydrogen-bond donors (Lipinski definition) is 2. The van der Waals surface area contributed by atoms with Crippen LogP contribution in [0.1, 0.15) is 44.9 Å². The first kappa shape index (κ1) is 23.6. The Morgan fingerprint density at radius 1 is 1.10 bits per heavy atom. The quantitative estimate of drug-likeness (QED) is 0.684. The highest BCUT2D eigenvalue weighted by molar-refractivity contribution is 7.92. The van der Waals surface area contributed by atoms with Gasteiger partial charge in [0.25, 0.3) is 5.91 Å². The Bertz CT molecular complexity index is 993. The summed E-state index contributed by atoms with van der Waals surface area (Å²) in [6, 6.07) is 8.26. The van der Waals surface area contributed by atoms with Crippen LogP contribution in [0.4, 0.5) is 14.5 Å². The van der Waals surface area contributed by atoms with Crippen LogP contribution < -0.4 is 14.8 Å². The predicted octanol–water partition coefficient (Wildman–Crippen LogP) is 3.89. The maximum absolute atomic E-state index is 14.2. The first-order valence-corrected chi connectivity index (χ1v) is 11.1. The standard InChI is InChI=1S/C21H26F2N2O4S/c1-13(14-6-8-15(9-7-14)25-30(5,27)28)24-19(26)12-29-16-10-17(22)20(18(23)11-16)21(2,3)4/h6-11,13,25H,12H2,1-5H3,(H,24,26). The van der Waals surface area contributed by atoms with Gasteiger partial charge in [-0.3, -0.25) is 9.52 Å². The van der Waals surface area contributed by atoms with Crippen LogP contribution in [0, 0.1) is 11.6 Å². The molecule has 0 aliphatic rings. The Morgan fingerprint density at radius 2 is 1.63 bits per heavy atom. The van der Waals surface area contributed by atoms with Crippen LogP contribution in [0.15, 0.2) is 36.4 Å². The minimum atomic E-state index is -3.37. The molecule has 30 heavy (non-hydrogen) atoms. The second kappa shape index (κ2) is 8.99. The Balaban J connectivity index is 1.96. The van der Waals surface area contributed by atoms with Gasteiger partial charge in [0.2, 0.25) is 10.0 Å². The van der Waals surface area contributed by atoms with Gasteiger partial charge in [-0.25, -0.2) is 17.2 Å². The molecule has 2 aromatic rings. The topological polar surface area (TPSA) is 84.5 Å². The van der Waals surface area contributed by atoms with Gasteiger partial charge in [0, 0.05) is 23.4 Å². The van der Waals surface area contributed by atoms with E-state index >= 15 is 0 Å². The third-order valence-corrected chi connectivity index (χ3v) is 4.83. The molecular formula is C21H26F2N2O4S. The van der Waals surface area contributed by atoms with Crippen molar-refractivity contribution >= 4 is 21.6 Å². The second-order valence-corrected chi connectivity index (χ2v) is 9.83. The van der Waals surface area contributed by atoms with Gasteiger partial charge in [-0.2, -0.15) is 0 Å². The van der Waals surface area contributed by atoms with E-state index in [0.29, 0.717) is 5.69 Å². The molecule has 0 aromatic heterocycles. The molecule has 1 amide bonds. The molecule has 1 unspecified atom stereocenters. The van der Waals surface area contributed by atoms with Crippen molar-refractivity contribution in [2.24, 2.45) is 0 Å². The van der Waals surface area contributed by atoms with Gasteiger partial charge in [0.15, 0.2) is 6.61 Å². The maximum Gasteiger partial charge on any atom is 0.258 e. The summed E-state index contributed by atoms with van der Waals surface area (Å²) in [5.41, 5.74) is 0.410. The lowest BCUT2D eigenvalue weighted by Gasteiger charge is -2.21. The van der Waals surface area contributed by atoms with Crippen molar-refractivity contribution < 1.29 is 26.7 Å². The third-order valence-electron chi connectivity index (χ3n) is 4.23. The normalized spacial score (nSPS) is 12.9. The van der Waals surface area contributed by atoms with Crippen LogP contribution in [0.2, 0.25) is 0 Å². The van der Waals surface area contributed by atoms with Crippen molar-refractivity contribution in [3.8, 4) is 5.75 Å². The lowest BCUT2D eigenvalue weighted by Crippen LogP contribution is -2.31. The number of nitrogens with one attached hydrogen (secondary N) is 2. The van der Waals surface area contributed by atoms with Crippen molar-refractivity contribution in [3.63, 3.8) is 0 Å². The average Bonchev–Trinajstić information content (AvgIpc) is 2.57. The summed E-state index contributed by atoms with van der Waals surface area (Å²) < 4.78 is 58.5. The van der Waals surface area contributed by atoms with E-state index in [-0.39, 0.29) is 17.4 Å². The molecule has 0 spiro atoms. The summed E-state index contributed by atoms with van der Waals surface area (Å²) in [7, 11) is -3.37. The van der Waals surface area contributed by atoms with Crippen LogP contribution in [-0.2, 0) is 20.2 Å². The molecule has 0 saturated heterocycles. The molecule has 0 bridgehead atoms. The first-order valence-electron chi connectivity index (χ1n) is 9.25. The van der Waals surface area contributed by atoms with Crippen molar-refractivity contribution in [2.45, 2.75) is 39.2 Å². The third kappa shape index (κ3) is 6.69. The van der Waals surface area contributed by atoms with E-state index in [0.717, 1.165) is 24.0 Å². The lowest BCUT2D eigenvalue weighted by atomic mass is 9.86. The van der Waals surface area contributed by atoms with Gasteiger partial charge in [-0.1, -0.05) is 32.9 Å². The molecule has 0 radical (unpaired) electrons. The van der Waals surface area contributed by atoms with E-state index in [4.69, 9.17) is 4.74 Å². The van der Waals surface area contributed by atoms with Crippen molar-refractivity contribution in [3.05, 3.63) is 59.2 Å². The number of amides is 1. The van der Waals surface area contributed by atoms with Gasteiger partial charge >= 0.3 is 0 Å². The molecule has 0 aliphatic carbocycles. The SMILES string of the molecule is CC(NC(=O)COc1cc(F)c(C(C)(C)C)c(F)c1)c1ccc(NS(C)(=O)=O)cc1. The summed E-state index contributed by atoms with van der Waals surface area (Å²) in [5, 5.41) is 2.71. The summed E-state index contributed by atoms with van der Waals surface area (Å²) in [6.07, 6.45) is 1.05. The fourth-order valence-corrected chi connectivity index (χ4v) is 3.48. The zero-order chi connectivity index (χ0) is 22.7. The first-order chi connectivity index (χ1) is 13.8. The number of ether oxygens (including phenoxy) is 1. The maximum atomic E-state index is 14.2. The van der Waals surface area contributed by atoms with Crippen molar-refractivity contribution in [2.75, 3.05) is 17.6 Å². The number of benzene rings is 2. The number of carbonyl (C=O) groups excluding carboxylic acids is 1. The minimum Gasteiger partial charge on any atom is -0.484 e. The molecule has 0 saturated carbocycles. The molecule has 2 rings (SSSR count). The van der Waals surface area contributed by atoms with Crippen LogP contribution in [-0.4, -0.2) is 27.2 Å². The molecule has 6 nitrogen and oxygen atoms in total. The smallest absolute Gasteiger partial charge is 0.258 e. The molecule has 1 atom stereocenters. The molecule has 2 N–H and O–H groups in total. The van der Waals surface area contributed by atoms with E-state index < -0.39 is 39.6 Å².